The van der Waals surface area contributed by atoms with Crippen LogP contribution >= 0.6 is 0 Å². The van der Waals surface area contributed by atoms with Crippen molar-refractivity contribution in [2.75, 3.05) is 6.54 Å². The summed E-state index contributed by atoms with van der Waals surface area (Å²) in [6, 6.07) is 4.36. The summed E-state index contributed by atoms with van der Waals surface area (Å²) in [7, 11) is -1.51. The molecule has 10 nitrogen and oxygen atoms in total. The molecule has 0 bridgehead atoms. The molecular weight excluding hydrogens is 544 g/mol. The van der Waals surface area contributed by atoms with E-state index in [9.17, 15) is 23.4 Å². The van der Waals surface area contributed by atoms with Crippen molar-refractivity contribution < 1.29 is 28.1 Å². The summed E-state index contributed by atoms with van der Waals surface area (Å²) in [4.78, 5) is 55.2. The molecule has 41 heavy (non-hydrogen) atoms. The van der Waals surface area contributed by atoms with Gasteiger partial charge in [0.1, 0.15) is 22.6 Å². The molecule has 2 heterocycles. The van der Waals surface area contributed by atoms with Gasteiger partial charge in [-0.2, -0.15) is 0 Å². The maximum atomic E-state index is 14.0. The van der Waals surface area contributed by atoms with Crippen molar-refractivity contribution in [3.05, 3.63) is 42.0 Å². The molecular formula is C30H42N4O6S. The highest BCUT2D eigenvalue weighted by molar-refractivity contribution is 7.86. The molecule has 0 spiro atoms. The van der Waals surface area contributed by atoms with Crippen molar-refractivity contribution in [2.24, 2.45) is 11.7 Å². The molecule has 2 aliphatic heterocycles. The number of benzene rings is 1. The van der Waals surface area contributed by atoms with Gasteiger partial charge < -0.3 is 20.7 Å². The van der Waals surface area contributed by atoms with Crippen LogP contribution in [-0.2, 0) is 25.1 Å². The van der Waals surface area contributed by atoms with E-state index < -0.39 is 51.4 Å². The first-order chi connectivity index (χ1) is 19.3. The fourth-order valence-electron chi connectivity index (χ4n) is 5.64. The summed E-state index contributed by atoms with van der Waals surface area (Å²) in [6.07, 6.45) is 7.81. The van der Waals surface area contributed by atoms with Crippen LogP contribution in [0.25, 0.3) is 0 Å². The minimum Gasteiger partial charge on any atom is -0.443 e. The number of aryl methyl sites for hydroxylation is 1. The molecule has 5 amide bonds. The number of rotatable bonds is 3. The SMILES string of the molecule is Cc1ccc([S@](=O)C23CC2/C=C\CCCCCC(N(C(N)=O)C(=O)OC(C)(C)C)C(=O)N2CCCC2C(=O)N3)cc1. The van der Waals surface area contributed by atoms with Gasteiger partial charge in [-0.1, -0.05) is 42.7 Å². The van der Waals surface area contributed by atoms with E-state index in [0.717, 1.165) is 24.8 Å². The monoisotopic (exact) mass is 586 g/mol. The predicted molar refractivity (Wildman–Crippen MR) is 155 cm³/mol. The molecule has 4 unspecified atom stereocenters. The first-order valence-electron chi connectivity index (χ1n) is 14.4. The Balaban J connectivity index is 1.65. The molecule has 11 heteroatoms. The molecule has 3 aliphatic rings. The van der Waals surface area contributed by atoms with Crippen molar-refractivity contribution in [1.82, 2.24) is 15.1 Å². The molecule has 0 aromatic heterocycles. The lowest BCUT2D eigenvalue weighted by atomic mass is 10.0. The van der Waals surface area contributed by atoms with Crippen molar-refractivity contribution >= 4 is 34.7 Å². The number of hydrogen-bond acceptors (Lipinski definition) is 6. The fraction of sp³-hybridized carbons (Fsp3) is 0.600. The van der Waals surface area contributed by atoms with Crippen LogP contribution in [0.1, 0.15) is 77.7 Å². The minimum absolute atomic E-state index is 0.0884. The topological polar surface area (TPSA) is 139 Å². The number of carbonyl (C=O) groups is 4. The van der Waals surface area contributed by atoms with Gasteiger partial charge in [-0.15, -0.1) is 0 Å². The average Bonchev–Trinajstić information content (AvgIpc) is 3.34. The molecule has 3 N–H and O–H groups in total. The Labute approximate surface area is 244 Å². The zero-order valence-electron chi connectivity index (χ0n) is 24.4. The number of primary amides is 1. The van der Waals surface area contributed by atoms with Crippen LogP contribution in [0.4, 0.5) is 9.59 Å². The number of imide groups is 1. The zero-order chi connectivity index (χ0) is 29.9. The fourth-order valence-corrected chi connectivity index (χ4v) is 7.32. The van der Waals surface area contributed by atoms with Crippen LogP contribution < -0.4 is 11.1 Å². The Morgan fingerprint density at radius 2 is 1.80 bits per heavy atom. The second kappa shape index (κ2) is 12.3. The maximum absolute atomic E-state index is 14.0. The summed E-state index contributed by atoms with van der Waals surface area (Å²) >= 11 is 0. The van der Waals surface area contributed by atoms with E-state index in [4.69, 9.17) is 10.5 Å². The third-order valence-corrected chi connectivity index (χ3v) is 9.78. The second-order valence-corrected chi connectivity index (χ2v) is 14.0. The maximum Gasteiger partial charge on any atom is 0.419 e. The van der Waals surface area contributed by atoms with E-state index in [1.807, 2.05) is 37.3 Å². The smallest absolute Gasteiger partial charge is 0.419 e. The normalized spacial score (nSPS) is 28.7. The molecule has 1 aromatic carbocycles. The van der Waals surface area contributed by atoms with Gasteiger partial charge in [-0.3, -0.25) is 13.8 Å². The van der Waals surface area contributed by atoms with Gasteiger partial charge in [0.2, 0.25) is 11.8 Å². The molecule has 2 fully saturated rings. The van der Waals surface area contributed by atoms with Gasteiger partial charge in [0.05, 0.1) is 10.8 Å². The minimum atomic E-state index is -1.51. The number of carbonyl (C=O) groups excluding carboxylic acids is 4. The Morgan fingerprint density at radius 1 is 1.10 bits per heavy atom. The molecule has 1 aliphatic carbocycles. The Hall–Kier alpha value is -3.21. The van der Waals surface area contributed by atoms with Gasteiger partial charge in [-0.05, 0) is 78.4 Å². The van der Waals surface area contributed by atoms with Crippen LogP contribution in [0.15, 0.2) is 41.3 Å². The van der Waals surface area contributed by atoms with E-state index in [-0.39, 0.29) is 18.2 Å². The number of nitrogens with two attached hydrogens (primary N) is 1. The Kier molecular flexibility index (Phi) is 9.25. The molecule has 5 atom stereocenters. The Morgan fingerprint density at radius 3 is 2.46 bits per heavy atom. The molecule has 1 saturated carbocycles. The number of nitrogens with zero attached hydrogens (tertiary/aromatic N) is 2. The van der Waals surface area contributed by atoms with Gasteiger partial charge in [0, 0.05) is 17.4 Å². The number of fused-ring (bicyclic) bond motifs is 2. The van der Waals surface area contributed by atoms with Crippen molar-refractivity contribution in [3.8, 4) is 0 Å². The lowest BCUT2D eigenvalue weighted by molar-refractivity contribution is -0.142. The van der Waals surface area contributed by atoms with Crippen LogP contribution in [0, 0.1) is 12.8 Å². The van der Waals surface area contributed by atoms with E-state index >= 15 is 0 Å². The quantitative estimate of drug-likeness (QED) is 0.511. The average molecular weight is 587 g/mol. The largest absolute Gasteiger partial charge is 0.443 e. The number of allylic oxidation sites excluding steroid dienone is 1. The van der Waals surface area contributed by atoms with E-state index in [1.54, 1.807) is 20.8 Å². The van der Waals surface area contributed by atoms with E-state index in [0.29, 0.717) is 42.0 Å². The van der Waals surface area contributed by atoms with Gasteiger partial charge in [-0.25, -0.2) is 14.5 Å². The molecule has 4 rings (SSSR count). The first kappa shape index (κ1) is 30.7. The number of amides is 5. The molecule has 224 valence electrons. The third kappa shape index (κ3) is 6.99. The van der Waals surface area contributed by atoms with Gasteiger partial charge in [0.25, 0.3) is 0 Å². The first-order valence-corrected chi connectivity index (χ1v) is 15.6. The van der Waals surface area contributed by atoms with Crippen LogP contribution in [-0.4, -0.2) is 67.0 Å². The lowest BCUT2D eigenvalue weighted by Crippen LogP contribution is -2.59. The van der Waals surface area contributed by atoms with Crippen LogP contribution in [0.3, 0.4) is 0 Å². The van der Waals surface area contributed by atoms with Gasteiger partial charge in [0.15, 0.2) is 0 Å². The van der Waals surface area contributed by atoms with Gasteiger partial charge >= 0.3 is 12.1 Å². The van der Waals surface area contributed by atoms with Crippen molar-refractivity contribution in [2.45, 2.75) is 107 Å². The second-order valence-electron chi connectivity index (χ2n) is 12.2. The highest BCUT2D eigenvalue weighted by atomic mass is 32.2. The summed E-state index contributed by atoms with van der Waals surface area (Å²) in [5.74, 6) is -0.986. The Bertz CT molecular complexity index is 1230. The van der Waals surface area contributed by atoms with E-state index in [1.165, 1.54) is 4.90 Å². The lowest BCUT2D eigenvalue weighted by Gasteiger charge is -2.34. The summed E-state index contributed by atoms with van der Waals surface area (Å²) < 4.78 is 19.3. The molecule has 0 radical (unpaired) electrons. The number of ether oxygens (including phenoxy) is 1. The predicted octanol–water partition coefficient (Wildman–Crippen LogP) is 4.13. The summed E-state index contributed by atoms with van der Waals surface area (Å²) in [5, 5.41) is 3.08. The van der Waals surface area contributed by atoms with Crippen LogP contribution in [0.5, 0.6) is 0 Å². The third-order valence-electron chi connectivity index (χ3n) is 7.84. The summed E-state index contributed by atoms with van der Waals surface area (Å²) in [6.45, 7) is 7.25. The highest BCUT2D eigenvalue weighted by Gasteiger charge is 2.60. The standard InChI is InChI=1S/C30H42N4O6S/c1-20-14-16-22(17-15-20)41(39)30-19-21(30)11-8-6-5-7-9-12-24(34(27(31)37)28(38)40-29(2,3)4)26(36)33-18-10-13-23(33)25(35)32-30/h8,11,14-17,21,23-24H,5-7,9-10,12-13,18-19H2,1-4H3,(H2,31,37)(H,32,35)/b11-8-/t21?,23?,24?,30?,41-/m0/s1. The van der Waals surface area contributed by atoms with Crippen molar-refractivity contribution in [1.29, 1.82) is 0 Å². The highest BCUT2D eigenvalue weighted by Crippen LogP contribution is 2.50. The number of hydrogen-bond donors (Lipinski definition) is 2. The van der Waals surface area contributed by atoms with Crippen molar-refractivity contribution in [3.63, 3.8) is 0 Å². The summed E-state index contributed by atoms with van der Waals surface area (Å²) in [5.41, 5.74) is 5.77. The molecule has 1 saturated heterocycles. The van der Waals surface area contributed by atoms with Crippen LogP contribution in [0.2, 0.25) is 0 Å². The van der Waals surface area contributed by atoms with E-state index in [2.05, 4.69) is 11.4 Å². The number of nitrogens with one attached hydrogen (secondary N) is 1. The molecule has 1 aromatic rings. The zero-order valence-corrected chi connectivity index (χ0v) is 25.2. The number of urea groups is 1.